The minimum Gasteiger partial charge on any atom is -0.397 e. The Bertz CT molecular complexity index is 916. The molecule has 0 aliphatic carbocycles. The first-order valence-corrected chi connectivity index (χ1v) is 10.2. The van der Waals surface area contributed by atoms with Crippen LogP contribution in [0, 0.1) is 11.3 Å². The Hall–Kier alpha value is -2.96. The summed E-state index contributed by atoms with van der Waals surface area (Å²) in [5.74, 6) is 6.11. The van der Waals surface area contributed by atoms with Gasteiger partial charge in [-0.2, -0.15) is 18.4 Å². The van der Waals surface area contributed by atoms with Crippen LogP contribution in [0.1, 0.15) is 24.0 Å². The van der Waals surface area contributed by atoms with Gasteiger partial charge in [0, 0.05) is 38.4 Å². The van der Waals surface area contributed by atoms with Gasteiger partial charge in [-0.1, -0.05) is 6.07 Å². The van der Waals surface area contributed by atoms with Gasteiger partial charge in [-0.05, 0) is 55.8 Å². The van der Waals surface area contributed by atoms with E-state index < -0.39 is 11.7 Å². The summed E-state index contributed by atoms with van der Waals surface area (Å²) in [5, 5.41) is 10.6. The summed E-state index contributed by atoms with van der Waals surface area (Å²) in [6.45, 7) is 4.52. The number of piperazine rings is 1. The van der Waals surface area contributed by atoms with Crippen LogP contribution in [0.3, 0.4) is 0 Å². The van der Waals surface area contributed by atoms with Gasteiger partial charge in [-0.25, -0.2) is 5.84 Å². The van der Waals surface area contributed by atoms with Gasteiger partial charge in [-0.15, -0.1) is 0 Å². The highest BCUT2D eigenvalue weighted by Crippen LogP contribution is 2.32. The van der Waals surface area contributed by atoms with E-state index in [0.29, 0.717) is 42.3 Å². The number of benzene rings is 2. The Balaban J connectivity index is 1.42. The van der Waals surface area contributed by atoms with Crippen molar-refractivity contribution in [2.45, 2.75) is 19.0 Å². The lowest BCUT2D eigenvalue weighted by atomic mass is 10.1. The molecule has 0 atom stereocenters. The lowest BCUT2D eigenvalue weighted by Crippen LogP contribution is -2.46. The van der Waals surface area contributed by atoms with Gasteiger partial charge in [-0.3, -0.25) is 4.90 Å². The topological polar surface area (TPSA) is 85.5 Å². The Morgan fingerprint density at radius 2 is 1.77 bits per heavy atom. The molecule has 1 heterocycles. The predicted molar refractivity (Wildman–Crippen MR) is 116 cm³/mol. The summed E-state index contributed by atoms with van der Waals surface area (Å²) in [6.07, 6.45) is -2.52. The standard InChI is InChI=1S/C22H27F3N6/c23-22(24,25)18-4-3-5-19(15-18)30-12-10-29(11-13-30)8-1-2-9-31(28)21-14-17(16-26)6-7-20(21)27/h3-7,14-15H,1-2,8-13,27-28H2. The monoisotopic (exact) mass is 432 g/mol. The maximum absolute atomic E-state index is 12.9. The predicted octanol–water partition coefficient (Wildman–Crippen LogP) is 3.44. The molecule has 1 fully saturated rings. The molecule has 3 rings (SSSR count). The Morgan fingerprint density at radius 3 is 2.45 bits per heavy atom. The number of hydrazine groups is 1. The molecule has 0 amide bonds. The number of nitrogens with zero attached hydrogens (tertiary/aromatic N) is 4. The van der Waals surface area contributed by atoms with Gasteiger partial charge in [0.05, 0.1) is 28.6 Å². The van der Waals surface area contributed by atoms with Gasteiger partial charge in [0.25, 0.3) is 0 Å². The highest BCUT2D eigenvalue weighted by Gasteiger charge is 2.31. The smallest absolute Gasteiger partial charge is 0.397 e. The largest absolute Gasteiger partial charge is 0.416 e. The van der Waals surface area contributed by atoms with Crippen LogP contribution in [0.4, 0.5) is 30.2 Å². The van der Waals surface area contributed by atoms with Crippen molar-refractivity contribution in [1.82, 2.24) is 4.90 Å². The van der Waals surface area contributed by atoms with Crippen molar-refractivity contribution < 1.29 is 13.2 Å². The number of alkyl halides is 3. The maximum atomic E-state index is 12.9. The highest BCUT2D eigenvalue weighted by atomic mass is 19.4. The van der Waals surface area contributed by atoms with Crippen LogP contribution in [0.2, 0.25) is 0 Å². The van der Waals surface area contributed by atoms with E-state index in [0.717, 1.165) is 38.5 Å². The number of halogens is 3. The maximum Gasteiger partial charge on any atom is 0.416 e. The highest BCUT2D eigenvalue weighted by molar-refractivity contribution is 5.69. The molecule has 166 valence electrons. The van der Waals surface area contributed by atoms with E-state index in [4.69, 9.17) is 16.8 Å². The van der Waals surface area contributed by atoms with Crippen molar-refractivity contribution in [2.75, 3.05) is 54.9 Å². The first-order valence-electron chi connectivity index (χ1n) is 10.2. The third kappa shape index (κ3) is 6.03. The summed E-state index contributed by atoms with van der Waals surface area (Å²) in [5.41, 5.74) is 7.65. The van der Waals surface area contributed by atoms with Crippen LogP contribution in [0.15, 0.2) is 42.5 Å². The third-order valence-electron chi connectivity index (χ3n) is 5.50. The second-order valence-corrected chi connectivity index (χ2v) is 7.66. The minimum absolute atomic E-state index is 0.512. The van der Waals surface area contributed by atoms with E-state index in [1.54, 1.807) is 29.3 Å². The van der Waals surface area contributed by atoms with Crippen LogP contribution in [0.5, 0.6) is 0 Å². The van der Waals surface area contributed by atoms with Crippen LogP contribution in [0.25, 0.3) is 0 Å². The first kappa shape index (κ1) is 22.7. The summed E-state index contributed by atoms with van der Waals surface area (Å²) >= 11 is 0. The van der Waals surface area contributed by atoms with E-state index in [-0.39, 0.29) is 0 Å². The van der Waals surface area contributed by atoms with Crippen LogP contribution in [-0.4, -0.2) is 44.2 Å². The number of hydrogen-bond acceptors (Lipinski definition) is 6. The molecule has 0 bridgehead atoms. The summed E-state index contributed by atoms with van der Waals surface area (Å²) in [4.78, 5) is 4.31. The van der Waals surface area contributed by atoms with Crippen molar-refractivity contribution in [3.05, 3.63) is 53.6 Å². The molecule has 2 aromatic rings. The number of nitrogen functional groups attached to an aromatic ring is 1. The molecule has 31 heavy (non-hydrogen) atoms. The Labute approximate surface area is 180 Å². The van der Waals surface area contributed by atoms with E-state index in [9.17, 15) is 13.2 Å². The fraction of sp³-hybridized carbons (Fsp3) is 0.409. The zero-order valence-electron chi connectivity index (χ0n) is 17.3. The fourth-order valence-electron chi connectivity index (χ4n) is 3.71. The minimum atomic E-state index is -4.32. The van der Waals surface area contributed by atoms with Crippen molar-refractivity contribution in [3.8, 4) is 6.07 Å². The molecular formula is C22H27F3N6. The summed E-state index contributed by atoms with van der Waals surface area (Å²) in [7, 11) is 0. The van der Waals surface area contributed by atoms with Crippen LogP contribution >= 0.6 is 0 Å². The molecule has 0 spiro atoms. The van der Waals surface area contributed by atoms with Crippen LogP contribution in [-0.2, 0) is 6.18 Å². The zero-order chi connectivity index (χ0) is 22.4. The third-order valence-corrected chi connectivity index (χ3v) is 5.50. The van der Waals surface area contributed by atoms with Crippen LogP contribution < -0.4 is 21.5 Å². The lowest BCUT2D eigenvalue weighted by molar-refractivity contribution is -0.137. The molecule has 0 aromatic heterocycles. The van der Waals surface area contributed by atoms with E-state index in [1.165, 1.54) is 12.1 Å². The van der Waals surface area contributed by atoms with Crippen molar-refractivity contribution in [3.63, 3.8) is 0 Å². The van der Waals surface area contributed by atoms with Gasteiger partial charge in [0.2, 0.25) is 0 Å². The second-order valence-electron chi connectivity index (χ2n) is 7.66. The van der Waals surface area contributed by atoms with E-state index in [2.05, 4.69) is 11.0 Å². The molecule has 1 saturated heterocycles. The molecule has 9 heteroatoms. The van der Waals surface area contributed by atoms with E-state index in [1.807, 2.05) is 4.90 Å². The lowest BCUT2D eigenvalue weighted by Gasteiger charge is -2.36. The molecule has 1 aliphatic heterocycles. The number of hydrogen-bond donors (Lipinski definition) is 2. The number of unbranched alkanes of at least 4 members (excludes halogenated alkanes) is 1. The molecular weight excluding hydrogens is 405 g/mol. The average Bonchev–Trinajstić information content (AvgIpc) is 2.77. The summed E-state index contributed by atoms with van der Waals surface area (Å²) in [6, 6.07) is 12.6. The van der Waals surface area contributed by atoms with Gasteiger partial charge in [0.15, 0.2) is 0 Å². The first-order chi connectivity index (χ1) is 14.8. The quantitative estimate of drug-likeness (QED) is 0.302. The Kier molecular flexibility index (Phi) is 7.25. The number of nitrogens with two attached hydrogens (primary N) is 2. The normalized spacial score (nSPS) is 15.0. The molecule has 6 nitrogen and oxygen atoms in total. The number of nitriles is 1. The van der Waals surface area contributed by atoms with Gasteiger partial charge < -0.3 is 15.6 Å². The molecule has 0 unspecified atom stereocenters. The molecule has 1 aliphatic rings. The zero-order valence-corrected chi connectivity index (χ0v) is 17.3. The SMILES string of the molecule is N#Cc1ccc(N)c(N(N)CCCCN2CCN(c3cccc(C(F)(F)F)c3)CC2)c1. The second kappa shape index (κ2) is 9.90. The van der Waals surface area contributed by atoms with Crippen molar-refractivity contribution in [1.29, 1.82) is 5.26 Å². The fourth-order valence-corrected chi connectivity index (χ4v) is 3.71. The number of anilines is 3. The number of rotatable bonds is 7. The summed E-state index contributed by atoms with van der Waals surface area (Å²) < 4.78 is 38.8. The van der Waals surface area contributed by atoms with Crippen molar-refractivity contribution in [2.24, 2.45) is 5.84 Å². The molecule has 2 aromatic carbocycles. The molecule has 0 radical (unpaired) electrons. The van der Waals surface area contributed by atoms with E-state index >= 15 is 0 Å². The van der Waals surface area contributed by atoms with Crippen molar-refractivity contribution >= 4 is 17.1 Å². The van der Waals surface area contributed by atoms with Gasteiger partial charge in [0.1, 0.15) is 0 Å². The Morgan fingerprint density at radius 1 is 1.03 bits per heavy atom. The molecule has 0 saturated carbocycles. The molecule has 4 N–H and O–H groups in total. The average molecular weight is 432 g/mol. The van der Waals surface area contributed by atoms with Gasteiger partial charge >= 0.3 is 6.18 Å².